The van der Waals surface area contributed by atoms with Crippen LogP contribution in [-0.2, 0) is 4.79 Å². The van der Waals surface area contributed by atoms with E-state index in [1.807, 2.05) is 0 Å². The van der Waals surface area contributed by atoms with E-state index in [1.54, 1.807) is 6.07 Å². The van der Waals surface area contributed by atoms with Gasteiger partial charge >= 0.3 is 6.18 Å². The number of hydrogen-bond donors (Lipinski definition) is 2. The number of thiazole rings is 1. The lowest BCUT2D eigenvalue weighted by atomic mass is 10.0. The molecule has 1 aromatic heterocycles. The zero-order valence-corrected chi connectivity index (χ0v) is 14.7. The summed E-state index contributed by atoms with van der Waals surface area (Å²) in [7, 11) is 0. The highest BCUT2D eigenvalue weighted by Crippen LogP contribution is 2.30. The van der Waals surface area contributed by atoms with Crippen molar-refractivity contribution in [3.63, 3.8) is 0 Å². The average Bonchev–Trinajstić information content (AvgIpc) is 2.94. The van der Waals surface area contributed by atoms with E-state index >= 15 is 0 Å². The Balaban J connectivity index is 0.00000225. The van der Waals surface area contributed by atoms with Crippen LogP contribution in [-0.4, -0.2) is 36.3 Å². The molecule has 1 unspecified atom stereocenters. The summed E-state index contributed by atoms with van der Waals surface area (Å²) in [6.07, 6.45) is -1.53. The topological polar surface area (TPSA) is 63.2 Å². The Morgan fingerprint density at radius 2 is 2.20 bits per heavy atom. The fraction of sp³-hybridized carbons (Fsp3) is 0.467. The minimum atomic E-state index is -4.38. The smallest absolute Gasteiger partial charge is 0.422 e. The molecule has 1 aliphatic rings. The summed E-state index contributed by atoms with van der Waals surface area (Å²) < 4.78 is 41.9. The highest BCUT2D eigenvalue weighted by molar-refractivity contribution is 7.22. The molecule has 1 fully saturated rings. The second kappa shape index (κ2) is 8.20. The lowest BCUT2D eigenvalue weighted by molar-refractivity contribution is -0.153. The molecule has 0 bridgehead atoms. The number of nitrogens with one attached hydrogen (secondary N) is 2. The van der Waals surface area contributed by atoms with Gasteiger partial charge in [-0.1, -0.05) is 17.8 Å². The number of ether oxygens (including phenoxy) is 1. The Morgan fingerprint density at radius 1 is 1.40 bits per heavy atom. The summed E-state index contributed by atoms with van der Waals surface area (Å²) in [4.78, 5) is 16.4. The number of piperidine rings is 1. The molecule has 2 aromatic rings. The SMILES string of the molecule is Cl.O=C(Nc1nc2ccc(OCC(F)(F)F)cc2s1)C1CCCCN1. The number of aromatic nitrogens is 1. The van der Waals surface area contributed by atoms with Crippen molar-refractivity contribution in [3.05, 3.63) is 18.2 Å². The van der Waals surface area contributed by atoms with E-state index in [0.29, 0.717) is 15.3 Å². The minimum Gasteiger partial charge on any atom is -0.484 e. The standard InChI is InChI=1S/C15H16F3N3O2S.ClH/c16-15(17,18)8-23-9-4-5-10-12(7-9)24-14(20-10)21-13(22)11-3-1-2-6-19-11;/h4-5,7,11,19H,1-3,6,8H2,(H,20,21,22);1H. The molecule has 0 spiro atoms. The van der Waals surface area contributed by atoms with E-state index < -0.39 is 12.8 Å². The molecule has 1 aliphatic heterocycles. The number of hydrogen-bond acceptors (Lipinski definition) is 5. The maximum Gasteiger partial charge on any atom is 0.422 e. The van der Waals surface area contributed by atoms with Crippen molar-refractivity contribution in [2.75, 3.05) is 18.5 Å². The van der Waals surface area contributed by atoms with Gasteiger partial charge in [0.05, 0.1) is 16.3 Å². The number of alkyl halides is 3. The summed E-state index contributed by atoms with van der Waals surface area (Å²) in [5.74, 6) is -0.0161. The first-order chi connectivity index (χ1) is 11.4. The third-order valence-electron chi connectivity index (χ3n) is 3.62. The van der Waals surface area contributed by atoms with Gasteiger partial charge in [0.1, 0.15) is 5.75 Å². The van der Waals surface area contributed by atoms with Crippen LogP contribution >= 0.6 is 23.7 Å². The van der Waals surface area contributed by atoms with Crippen molar-refractivity contribution in [3.8, 4) is 5.75 Å². The van der Waals surface area contributed by atoms with Crippen molar-refractivity contribution in [1.82, 2.24) is 10.3 Å². The van der Waals surface area contributed by atoms with E-state index in [2.05, 4.69) is 15.6 Å². The maximum atomic E-state index is 12.2. The molecule has 0 aliphatic carbocycles. The maximum absolute atomic E-state index is 12.2. The molecule has 0 saturated carbocycles. The van der Waals surface area contributed by atoms with Gasteiger partial charge in [0.25, 0.3) is 0 Å². The van der Waals surface area contributed by atoms with E-state index in [4.69, 9.17) is 4.74 Å². The van der Waals surface area contributed by atoms with Gasteiger partial charge in [0, 0.05) is 0 Å². The summed E-state index contributed by atoms with van der Waals surface area (Å²) in [6, 6.07) is 4.28. The van der Waals surface area contributed by atoms with E-state index in [-0.39, 0.29) is 30.1 Å². The third-order valence-corrected chi connectivity index (χ3v) is 4.55. The monoisotopic (exact) mass is 395 g/mol. The molecule has 5 nitrogen and oxygen atoms in total. The van der Waals surface area contributed by atoms with Crippen LogP contribution in [0.25, 0.3) is 10.2 Å². The van der Waals surface area contributed by atoms with Crippen molar-refractivity contribution >= 4 is 45.0 Å². The molecule has 1 saturated heterocycles. The molecule has 2 N–H and O–H groups in total. The van der Waals surface area contributed by atoms with E-state index in [9.17, 15) is 18.0 Å². The number of rotatable bonds is 4. The van der Waals surface area contributed by atoms with Crippen LogP contribution in [0.1, 0.15) is 19.3 Å². The highest BCUT2D eigenvalue weighted by Gasteiger charge is 2.28. The van der Waals surface area contributed by atoms with Gasteiger partial charge in [-0.2, -0.15) is 13.2 Å². The Hall–Kier alpha value is -1.58. The Bertz CT molecular complexity index is 732. The predicted molar refractivity (Wildman–Crippen MR) is 92.7 cm³/mol. The van der Waals surface area contributed by atoms with Crippen LogP contribution in [0.15, 0.2) is 18.2 Å². The van der Waals surface area contributed by atoms with Gasteiger partial charge in [-0.3, -0.25) is 4.79 Å². The molecule has 25 heavy (non-hydrogen) atoms. The molecule has 1 atom stereocenters. The van der Waals surface area contributed by atoms with Crippen LogP contribution in [0.4, 0.5) is 18.3 Å². The summed E-state index contributed by atoms with van der Waals surface area (Å²) in [6.45, 7) is -0.522. The first kappa shape index (κ1) is 19.7. The summed E-state index contributed by atoms with van der Waals surface area (Å²) in [5, 5.41) is 6.34. The molecule has 0 radical (unpaired) electrons. The van der Waals surface area contributed by atoms with Crippen molar-refractivity contribution in [2.45, 2.75) is 31.5 Å². The number of carbonyl (C=O) groups excluding carboxylic acids is 1. The second-order valence-electron chi connectivity index (χ2n) is 5.54. The van der Waals surface area contributed by atoms with Crippen LogP contribution in [0.3, 0.4) is 0 Å². The molecule has 10 heteroatoms. The molecule has 3 rings (SSSR count). The fourth-order valence-electron chi connectivity index (χ4n) is 2.48. The lowest BCUT2D eigenvalue weighted by Gasteiger charge is -2.21. The molecular weight excluding hydrogens is 379 g/mol. The molecule has 1 aromatic carbocycles. The highest BCUT2D eigenvalue weighted by atomic mass is 35.5. The van der Waals surface area contributed by atoms with E-state index in [0.717, 1.165) is 25.8 Å². The normalized spacial score (nSPS) is 17.8. The van der Waals surface area contributed by atoms with Crippen LogP contribution in [0.5, 0.6) is 5.75 Å². The third kappa shape index (κ3) is 5.45. The number of amides is 1. The number of anilines is 1. The number of fused-ring (bicyclic) bond motifs is 1. The molecule has 2 heterocycles. The van der Waals surface area contributed by atoms with Gasteiger partial charge in [-0.25, -0.2) is 4.98 Å². The second-order valence-corrected chi connectivity index (χ2v) is 6.57. The molecule has 1 amide bonds. The summed E-state index contributed by atoms with van der Waals surface area (Å²) in [5.41, 5.74) is 0.603. The van der Waals surface area contributed by atoms with Gasteiger partial charge in [-0.15, -0.1) is 12.4 Å². The first-order valence-electron chi connectivity index (χ1n) is 7.55. The van der Waals surface area contributed by atoms with Crippen molar-refractivity contribution in [2.24, 2.45) is 0 Å². The van der Waals surface area contributed by atoms with Gasteiger partial charge in [-0.05, 0) is 37.6 Å². The van der Waals surface area contributed by atoms with E-state index in [1.165, 1.54) is 23.5 Å². The first-order valence-corrected chi connectivity index (χ1v) is 8.37. The zero-order valence-electron chi connectivity index (χ0n) is 13.1. The lowest BCUT2D eigenvalue weighted by Crippen LogP contribution is -2.43. The molecule has 138 valence electrons. The van der Waals surface area contributed by atoms with Crippen LogP contribution in [0, 0.1) is 0 Å². The quantitative estimate of drug-likeness (QED) is 0.827. The predicted octanol–water partition coefficient (Wildman–Crippen LogP) is 3.74. The Kier molecular flexibility index (Phi) is 6.47. The minimum absolute atomic E-state index is 0. The van der Waals surface area contributed by atoms with Crippen LogP contribution in [0.2, 0.25) is 0 Å². The fourth-order valence-corrected chi connectivity index (χ4v) is 3.38. The molecular formula is C15H17ClF3N3O2S. The van der Waals surface area contributed by atoms with Gasteiger partial charge in [0.15, 0.2) is 11.7 Å². The van der Waals surface area contributed by atoms with Crippen LogP contribution < -0.4 is 15.4 Å². The number of nitrogens with zero attached hydrogens (tertiary/aromatic N) is 1. The summed E-state index contributed by atoms with van der Waals surface area (Å²) >= 11 is 1.21. The number of halogens is 4. The number of benzene rings is 1. The van der Waals surface area contributed by atoms with Crippen molar-refractivity contribution < 1.29 is 22.7 Å². The van der Waals surface area contributed by atoms with Crippen molar-refractivity contribution in [1.29, 1.82) is 0 Å². The Labute approximate surface area is 152 Å². The Morgan fingerprint density at radius 3 is 2.88 bits per heavy atom. The van der Waals surface area contributed by atoms with Gasteiger partial charge < -0.3 is 15.4 Å². The van der Waals surface area contributed by atoms with Gasteiger partial charge in [0.2, 0.25) is 5.91 Å². The largest absolute Gasteiger partial charge is 0.484 e. The number of carbonyl (C=O) groups is 1. The zero-order chi connectivity index (χ0) is 17.2. The average molecular weight is 396 g/mol.